The summed E-state index contributed by atoms with van der Waals surface area (Å²) < 4.78 is 12.1. The number of amides is 3. The van der Waals surface area contributed by atoms with E-state index in [9.17, 15) is 14.4 Å². The van der Waals surface area contributed by atoms with Gasteiger partial charge >= 0.3 is 0 Å². The van der Waals surface area contributed by atoms with Crippen LogP contribution in [0.3, 0.4) is 0 Å². The summed E-state index contributed by atoms with van der Waals surface area (Å²) in [6, 6.07) is 7.80. The molecule has 2 N–H and O–H groups in total. The Balaban J connectivity index is 0.686. The van der Waals surface area contributed by atoms with E-state index in [-0.39, 0.29) is 23.8 Å². The third-order valence-corrected chi connectivity index (χ3v) is 14.2. The number of nitrogens with one attached hydrogen (secondary N) is 2. The standard InChI is InChI=1S/C45H57N11O5/c1-28-23-52(24-29-8-14-53(15-9-29)36-5-4-31-33(42(36)60-3)26-56(44(31)59)37-6-7-39(57)49-43(37)58)18-19-55(28)25-30-10-16-54(17-11-30)38-21-34(47-27-48-38)41-32-20-40(61-45(2)12-13-45)46-22-35(32)50-51-41/h4-5,20-22,27-30,37H,6-19,23-26H2,1-3H3,(H,50,51)(H,49,57,58)/t28-,37?/m0/s1. The molecule has 1 unspecified atom stereocenters. The van der Waals surface area contributed by atoms with Gasteiger partial charge in [-0.2, -0.15) is 5.10 Å². The van der Waals surface area contributed by atoms with Crippen LogP contribution >= 0.6 is 0 Å². The highest BCUT2D eigenvalue weighted by Gasteiger charge is 2.42. The molecule has 1 aromatic carbocycles. The number of nitrogens with zero attached hydrogens (tertiary/aromatic N) is 9. The lowest BCUT2D eigenvalue weighted by molar-refractivity contribution is -0.136. The average molecular weight is 832 g/mol. The summed E-state index contributed by atoms with van der Waals surface area (Å²) >= 11 is 0. The number of piperazine rings is 1. The molecule has 5 fully saturated rings. The first-order valence-electron chi connectivity index (χ1n) is 22.3. The van der Waals surface area contributed by atoms with E-state index in [0.29, 0.717) is 42.3 Å². The molecule has 0 bridgehead atoms. The summed E-state index contributed by atoms with van der Waals surface area (Å²) in [5, 5.41) is 11.1. The van der Waals surface area contributed by atoms with Crippen molar-refractivity contribution in [2.45, 2.75) is 89.4 Å². The Hall–Kier alpha value is -5.35. The Morgan fingerprint density at radius 3 is 2.39 bits per heavy atom. The number of pyridine rings is 1. The molecule has 0 radical (unpaired) electrons. The number of fused-ring (bicyclic) bond motifs is 2. The number of hydrogen-bond donors (Lipinski definition) is 2. The zero-order valence-electron chi connectivity index (χ0n) is 35.6. The summed E-state index contributed by atoms with van der Waals surface area (Å²) in [6.45, 7) is 14.2. The van der Waals surface area contributed by atoms with Gasteiger partial charge in [0.2, 0.25) is 17.7 Å². The van der Waals surface area contributed by atoms with Crippen molar-refractivity contribution in [1.82, 2.24) is 45.2 Å². The first-order chi connectivity index (χ1) is 29.6. The number of aromatic amines is 1. The minimum atomic E-state index is -0.643. The second kappa shape index (κ2) is 16.2. The van der Waals surface area contributed by atoms with Crippen LogP contribution in [0, 0.1) is 11.8 Å². The van der Waals surface area contributed by atoms with Crippen molar-refractivity contribution in [2.24, 2.45) is 11.8 Å². The molecule has 4 saturated heterocycles. The quantitative estimate of drug-likeness (QED) is 0.206. The molecule has 0 spiro atoms. The Kier molecular flexibility index (Phi) is 10.5. The number of H-pyrrole nitrogens is 1. The zero-order valence-corrected chi connectivity index (χ0v) is 35.6. The molecular weight excluding hydrogens is 775 g/mol. The van der Waals surface area contributed by atoms with Crippen LogP contribution in [0.5, 0.6) is 11.6 Å². The van der Waals surface area contributed by atoms with Crippen LogP contribution in [0.25, 0.3) is 22.3 Å². The summed E-state index contributed by atoms with van der Waals surface area (Å²) in [5.74, 6) is 2.73. The SMILES string of the molecule is COc1c(N2CCC(CN3CCN(CC4CCN(c5cc(-c6n[nH]c7cnc(OC8(C)CC8)cc67)ncn5)CC4)[C@@H](C)C3)CC2)ccc2c1CN(C1CCC(=O)NC1=O)C2=O. The van der Waals surface area contributed by atoms with E-state index in [1.54, 1.807) is 24.5 Å². The molecule has 2 atom stereocenters. The first kappa shape index (κ1) is 39.8. The molecule has 10 rings (SSSR count). The molecule has 322 valence electrons. The van der Waals surface area contributed by atoms with Crippen molar-refractivity contribution < 1.29 is 23.9 Å². The number of aromatic nitrogens is 5. The highest BCUT2D eigenvalue weighted by molar-refractivity contribution is 6.06. The number of methoxy groups -OCH3 is 1. The number of piperidine rings is 3. The van der Waals surface area contributed by atoms with Gasteiger partial charge in [-0.3, -0.25) is 29.7 Å². The topological polar surface area (TPSA) is 165 Å². The van der Waals surface area contributed by atoms with Crippen LogP contribution in [0.4, 0.5) is 11.5 Å². The number of carbonyl (C=O) groups excluding carboxylic acids is 3. The fourth-order valence-electron chi connectivity index (χ4n) is 10.3. The van der Waals surface area contributed by atoms with E-state index in [2.05, 4.69) is 70.0 Å². The molecule has 3 aromatic heterocycles. The van der Waals surface area contributed by atoms with Crippen molar-refractivity contribution in [3.05, 3.63) is 47.9 Å². The molecule has 3 amide bonds. The molecule has 16 heteroatoms. The van der Waals surface area contributed by atoms with Gasteiger partial charge in [0.15, 0.2) is 0 Å². The Bertz CT molecular complexity index is 2310. The highest BCUT2D eigenvalue weighted by atomic mass is 16.5. The van der Waals surface area contributed by atoms with Gasteiger partial charge in [0.05, 0.1) is 36.7 Å². The molecule has 1 saturated carbocycles. The maximum atomic E-state index is 13.4. The Morgan fingerprint density at radius 2 is 1.66 bits per heavy atom. The van der Waals surface area contributed by atoms with Crippen LogP contribution in [0.2, 0.25) is 0 Å². The zero-order chi connectivity index (χ0) is 41.8. The lowest BCUT2D eigenvalue weighted by atomic mass is 9.93. The minimum absolute atomic E-state index is 0.103. The summed E-state index contributed by atoms with van der Waals surface area (Å²) in [6.07, 6.45) is 10.6. The largest absolute Gasteiger partial charge is 0.494 e. The third-order valence-electron chi connectivity index (χ3n) is 14.2. The fraction of sp³-hybridized carbons (Fsp3) is 0.578. The van der Waals surface area contributed by atoms with Gasteiger partial charge in [-0.25, -0.2) is 15.0 Å². The van der Waals surface area contributed by atoms with Crippen molar-refractivity contribution >= 4 is 40.1 Å². The van der Waals surface area contributed by atoms with Gasteiger partial charge in [-0.1, -0.05) is 0 Å². The van der Waals surface area contributed by atoms with Gasteiger partial charge in [0.1, 0.15) is 35.2 Å². The van der Waals surface area contributed by atoms with Crippen molar-refractivity contribution in [1.29, 1.82) is 0 Å². The van der Waals surface area contributed by atoms with Crippen LogP contribution < -0.4 is 24.6 Å². The lowest BCUT2D eigenvalue weighted by Gasteiger charge is -2.44. The van der Waals surface area contributed by atoms with Crippen molar-refractivity contribution in [2.75, 3.05) is 75.8 Å². The van der Waals surface area contributed by atoms with Crippen molar-refractivity contribution in [3.8, 4) is 23.0 Å². The Labute approximate surface area is 356 Å². The number of anilines is 2. The van der Waals surface area contributed by atoms with Gasteiger partial charge in [-0.15, -0.1) is 0 Å². The van der Waals surface area contributed by atoms with Crippen LogP contribution in [-0.4, -0.2) is 141 Å². The second-order valence-electron chi connectivity index (χ2n) is 18.5. The molecule has 61 heavy (non-hydrogen) atoms. The van der Waals surface area contributed by atoms with E-state index in [0.717, 1.165) is 143 Å². The number of carbonyl (C=O) groups is 3. The van der Waals surface area contributed by atoms with E-state index >= 15 is 0 Å². The molecular formula is C45H57N11O5. The number of rotatable bonds is 11. The van der Waals surface area contributed by atoms with E-state index in [1.165, 1.54) is 0 Å². The monoisotopic (exact) mass is 831 g/mol. The van der Waals surface area contributed by atoms with E-state index in [4.69, 9.17) is 9.47 Å². The predicted octanol–water partition coefficient (Wildman–Crippen LogP) is 4.25. The highest BCUT2D eigenvalue weighted by Crippen LogP contribution is 2.42. The molecule has 5 aliphatic heterocycles. The van der Waals surface area contributed by atoms with Crippen LogP contribution in [-0.2, 0) is 16.1 Å². The fourth-order valence-corrected chi connectivity index (χ4v) is 10.3. The van der Waals surface area contributed by atoms with Gasteiger partial charge < -0.3 is 29.1 Å². The first-order valence-corrected chi connectivity index (χ1v) is 22.3. The molecule has 16 nitrogen and oxygen atoms in total. The molecule has 1 aliphatic carbocycles. The van der Waals surface area contributed by atoms with Crippen molar-refractivity contribution in [3.63, 3.8) is 0 Å². The Morgan fingerprint density at radius 1 is 0.885 bits per heavy atom. The van der Waals surface area contributed by atoms with E-state index in [1.807, 2.05) is 18.2 Å². The number of hydrogen-bond acceptors (Lipinski definition) is 13. The smallest absolute Gasteiger partial charge is 0.255 e. The third kappa shape index (κ3) is 8.00. The summed E-state index contributed by atoms with van der Waals surface area (Å²) in [7, 11) is 1.66. The number of ether oxygens (including phenoxy) is 2. The maximum Gasteiger partial charge on any atom is 0.255 e. The summed E-state index contributed by atoms with van der Waals surface area (Å²) in [4.78, 5) is 63.3. The second-order valence-corrected chi connectivity index (χ2v) is 18.5. The maximum absolute atomic E-state index is 13.4. The summed E-state index contributed by atoms with van der Waals surface area (Å²) in [5.41, 5.74) is 4.76. The minimum Gasteiger partial charge on any atom is -0.494 e. The van der Waals surface area contributed by atoms with Gasteiger partial charge in [0.25, 0.3) is 5.91 Å². The van der Waals surface area contributed by atoms with Crippen LogP contribution in [0.1, 0.15) is 81.1 Å². The number of imide groups is 1. The molecule has 4 aromatic rings. The van der Waals surface area contributed by atoms with E-state index < -0.39 is 11.9 Å². The van der Waals surface area contributed by atoms with Gasteiger partial charge in [-0.05, 0) is 82.8 Å². The number of benzene rings is 1. The normalized spacial score (nSPS) is 24.0. The predicted molar refractivity (Wildman–Crippen MR) is 230 cm³/mol. The van der Waals surface area contributed by atoms with Crippen LogP contribution in [0.15, 0.2) is 36.8 Å². The molecule has 6 aliphatic rings. The molecule has 8 heterocycles. The lowest BCUT2D eigenvalue weighted by Crippen LogP contribution is -2.54. The van der Waals surface area contributed by atoms with Gasteiger partial charge in [0, 0.05) is 100 Å². The average Bonchev–Trinajstić information content (AvgIpc) is 3.68.